The molecular formula is C13H22N4O. The van der Waals surface area contributed by atoms with Crippen LogP contribution in [0.4, 0.5) is 5.82 Å². The maximum Gasteiger partial charge on any atom is 0.229 e. The second-order valence-electron chi connectivity index (χ2n) is 5.17. The number of hydrogen-bond donors (Lipinski definition) is 2. The molecule has 1 aliphatic carbocycles. The molecule has 2 unspecified atom stereocenters. The highest BCUT2D eigenvalue weighted by atomic mass is 16.2. The number of amides is 1. The van der Waals surface area contributed by atoms with E-state index in [-0.39, 0.29) is 11.8 Å². The highest BCUT2D eigenvalue weighted by Gasteiger charge is 2.30. The van der Waals surface area contributed by atoms with Gasteiger partial charge >= 0.3 is 0 Å². The molecule has 0 saturated heterocycles. The SMILES string of the molecule is Cc1cc(NC(=O)C2CCCCC2CN)nn1C. The molecule has 0 aromatic carbocycles. The molecule has 1 amide bonds. The summed E-state index contributed by atoms with van der Waals surface area (Å²) in [6, 6.07) is 1.89. The van der Waals surface area contributed by atoms with Crippen molar-refractivity contribution >= 4 is 11.7 Å². The molecule has 1 aliphatic rings. The van der Waals surface area contributed by atoms with Crippen molar-refractivity contribution in [2.24, 2.45) is 24.6 Å². The Bertz CT molecular complexity index is 407. The van der Waals surface area contributed by atoms with Gasteiger partial charge in [0.2, 0.25) is 5.91 Å². The number of hydrogen-bond acceptors (Lipinski definition) is 3. The van der Waals surface area contributed by atoms with Crippen LogP contribution in [0.25, 0.3) is 0 Å². The fraction of sp³-hybridized carbons (Fsp3) is 0.692. The molecule has 3 N–H and O–H groups in total. The topological polar surface area (TPSA) is 72.9 Å². The van der Waals surface area contributed by atoms with Gasteiger partial charge in [0.05, 0.1) is 0 Å². The number of rotatable bonds is 3. The van der Waals surface area contributed by atoms with Gasteiger partial charge in [-0.2, -0.15) is 5.10 Å². The van der Waals surface area contributed by atoms with Crippen LogP contribution >= 0.6 is 0 Å². The second-order valence-corrected chi connectivity index (χ2v) is 5.17. The fourth-order valence-electron chi connectivity index (χ4n) is 2.68. The van der Waals surface area contributed by atoms with Gasteiger partial charge in [-0.3, -0.25) is 9.48 Å². The minimum Gasteiger partial charge on any atom is -0.330 e. The smallest absolute Gasteiger partial charge is 0.229 e. The second kappa shape index (κ2) is 5.52. The van der Waals surface area contributed by atoms with E-state index >= 15 is 0 Å². The molecule has 1 aromatic rings. The van der Waals surface area contributed by atoms with Gasteiger partial charge in [0.15, 0.2) is 5.82 Å². The van der Waals surface area contributed by atoms with Crippen LogP contribution in [0.5, 0.6) is 0 Å². The number of anilines is 1. The first-order valence-electron chi connectivity index (χ1n) is 6.63. The predicted molar refractivity (Wildman–Crippen MR) is 71.1 cm³/mol. The Kier molecular flexibility index (Phi) is 4.01. The average molecular weight is 250 g/mol. The number of nitrogens with zero attached hydrogens (tertiary/aromatic N) is 2. The van der Waals surface area contributed by atoms with E-state index in [0.29, 0.717) is 18.3 Å². The number of nitrogens with one attached hydrogen (secondary N) is 1. The third-order valence-corrected chi connectivity index (χ3v) is 3.91. The molecule has 1 aromatic heterocycles. The molecule has 1 saturated carbocycles. The summed E-state index contributed by atoms with van der Waals surface area (Å²) in [5, 5.41) is 7.16. The zero-order valence-electron chi connectivity index (χ0n) is 11.1. The van der Waals surface area contributed by atoms with E-state index in [1.54, 1.807) is 4.68 Å². The third kappa shape index (κ3) is 2.72. The first-order chi connectivity index (χ1) is 8.61. The number of aryl methyl sites for hydroxylation is 2. The van der Waals surface area contributed by atoms with Crippen molar-refractivity contribution in [1.82, 2.24) is 9.78 Å². The van der Waals surface area contributed by atoms with Crippen LogP contribution in [0.3, 0.4) is 0 Å². The van der Waals surface area contributed by atoms with Gasteiger partial charge in [-0.25, -0.2) is 0 Å². The summed E-state index contributed by atoms with van der Waals surface area (Å²) in [5.41, 5.74) is 6.79. The van der Waals surface area contributed by atoms with E-state index < -0.39 is 0 Å². The summed E-state index contributed by atoms with van der Waals surface area (Å²) in [6.07, 6.45) is 4.32. The number of carbonyl (C=O) groups excluding carboxylic acids is 1. The van der Waals surface area contributed by atoms with Crippen LogP contribution in [0.2, 0.25) is 0 Å². The summed E-state index contributed by atoms with van der Waals surface area (Å²) >= 11 is 0. The maximum atomic E-state index is 12.2. The van der Waals surface area contributed by atoms with E-state index in [1.165, 1.54) is 6.42 Å². The summed E-state index contributed by atoms with van der Waals surface area (Å²) < 4.78 is 1.76. The van der Waals surface area contributed by atoms with Crippen LogP contribution in [-0.4, -0.2) is 22.2 Å². The van der Waals surface area contributed by atoms with Gasteiger partial charge in [0, 0.05) is 24.7 Å². The zero-order chi connectivity index (χ0) is 13.1. The van der Waals surface area contributed by atoms with Gasteiger partial charge < -0.3 is 11.1 Å². The summed E-state index contributed by atoms with van der Waals surface area (Å²) in [6.45, 7) is 2.56. The van der Waals surface area contributed by atoms with Crippen LogP contribution in [0.1, 0.15) is 31.4 Å². The molecule has 0 bridgehead atoms. The average Bonchev–Trinajstić information content (AvgIpc) is 2.68. The van der Waals surface area contributed by atoms with Crippen molar-refractivity contribution in [2.45, 2.75) is 32.6 Å². The molecule has 100 valence electrons. The zero-order valence-corrected chi connectivity index (χ0v) is 11.1. The largest absolute Gasteiger partial charge is 0.330 e. The van der Waals surface area contributed by atoms with Crippen molar-refractivity contribution in [3.05, 3.63) is 11.8 Å². The summed E-state index contributed by atoms with van der Waals surface area (Å²) in [7, 11) is 1.87. The Balaban J connectivity index is 2.02. The standard InChI is InChI=1S/C13H22N4O/c1-9-7-12(16-17(9)2)15-13(18)11-6-4-3-5-10(11)8-14/h7,10-11H,3-6,8,14H2,1-2H3,(H,15,16,18). The van der Waals surface area contributed by atoms with Crippen LogP contribution in [0, 0.1) is 18.8 Å². The molecule has 2 atom stereocenters. The molecule has 0 aliphatic heterocycles. The molecule has 2 rings (SSSR count). The Labute approximate surface area is 108 Å². The minimum absolute atomic E-state index is 0.0473. The molecule has 1 fully saturated rings. The molecular weight excluding hydrogens is 228 g/mol. The lowest BCUT2D eigenvalue weighted by Crippen LogP contribution is -2.35. The van der Waals surface area contributed by atoms with Crippen LogP contribution in [-0.2, 0) is 11.8 Å². The minimum atomic E-state index is 0.0473. The van der Waals surface area contributed by atoms with E-state index in [2.05, 4.69) is 10.4 Å². The van der Waals surface area contributed by atoms with Gasteiger partial charge in [-0.1, -0.05) is 12.8 Å². The summed E-state index contributed by atoms with van der Waals surface area (Å²) in [5.74, 6) is 1.08. The number of nitrogens with two attached hydrogens (primary N) is 1. The highest BCUT2D eigenvalue weighted by molar-refractivity contribution is 5.92. The first kappa shape index (κ1) is 13.1. The van der Waals surface area contributed by atoms with Gasteiger partial charge in [-0.15, -0.1) is 0 Å². The van der Waals surface area contributed by atoms with Crippen molar-refractivity contribution in [3.63, 3.8) is 0 Å². The van der Waals surface area contributed by atoms with E-state index in [4.69, 9.17) is 5.73 Å². The first-order valence-corrected chi connectivity index (χ1v) is 6.63. The van der Waals surface area contributed by atoms with E-state index in [9.17, 15) is 4.79 Å². The quantitative estimate of drug-likeness (QED) is 0.852. The van der Waals surface area contributed by atoms with Crippen LogP contribution in [0.15, 0.2) is 6.07 Å². The van der Waals surface area contributed by atoms with Gasteiger partial charge in [-0.05, 0) is 32.2 Å². The number of carbonyl (C=O) groups is 1. The monoisotopic (exact) mass is 250 g/mol. The lowest BCUT2D eigenvalue weighted by Gasteiger charge is -2.29. The van der Waals surface area contributed by atoms with Gasteiger partial charge in [0.1, 0.15) is 0 Å². The molecule has 5 nitrogen and oxygen atoms in total. The van der Waals surface area contributed by atoms with Crippen molar-refractivity contribution in [2.75, 3.05) is 11.9 Å². The van der Waals surface area contributed by atoms with E-state index in [0.717, 1.165) is 25.0 Å². The van der Waals surface area contributed by atoms with Crippen molar-refractivity contribution < 1.29 is 4.79 Å². The summed E-state index contributed by atoms with van der Waals surface area (Å²) in [4.78, 5) is 12.2. The molecule has 5 heteroatoms. The lowest BCUT2D eigenvalue weighted by molar-refractivity contribution is -0.122. The highest BCUT2D eigenvalue weighted by Crippen LogP contribution is 2.30. The Morgan fingerprint density at radius 3 is 2.89 bits per heavy atom. The Morgan fingerprint density at radius 1 is 1.56 bits per heavy atom. The normalized spacial score (nSPS) is 23.9. The molecule has 18 heavy (non-hydrogen) atoms. The fourth-order valence-corrected chi connectivity index (χ4v) is 2.68. The van der Waals surface area contributed by atoms with Gasteiger partial charge in [0.25, 0.3) is 0 Å². The molecule has 0 radical (unpaired) electrons. The Morgan fingerprint density at radius 2 is 2.28 bits per heavy atom. The third-order valence-electron chi connectivity index (χ3n) is 3.91. The Hall–Kier alpha value is -1.36. The predicted octanol–water partition coefficient (Wildman–Crippen LogP) is 1.43. The molecule has 0 spiro atoms. The number of aromatic nitrogens is 2. The van der Waals surface area contributed by atoms with Crippen LogP contribution < -0.4 is 11.1 Å². The van der Waals surface area contributed by atoms with E-state index in [1.807, 2.05) is 20.0 Å². The van der Waals surface area contributed by atoms with Crippen molar-refractivity contribution in [3.8, 4) is 0 Å². The lowest BCUT2D eigenvalue weighted by atomic mass is 9.79. The molecule has 1 heterocycles. The van der Waals surface area contributed by atoms with Crippen molar-refractivity contribution in [1.29, 1.82) is 0 Å². The maximum absolute atomic E-state index is 12.2.